The van der Waals surface area contributed by atoms with Crippen LogP contribution in [0.3, 0.4) is 0 Å². The lowest BCUT2D eigenvalue weighted by atomic mass is 10.0. The van der Waals surface area contributed by atoms with Gasteiger partial charge in [-0.1, -0.05) is 47.1 Å². The summed E-state index contributed by atoms with van der Waals surface area (Å²) in [4.78, 5) is 0. The van der Waals surface area contributed by atoms with Crippen molar-refractivity contribution in [2.24, 2.45) is 5.16 Å². The lowest BCUT2D eigenvalue weighted by Gasteiger charge is -2.05. The summed E-state index contributed by atoms with van der Waals surface area (Å²) in [7, 11) is 0. The molecule has 0 amide bonds. The van der Waals surface area contributed by atoms with Gasteiger partial charge in [0, 0.05) is 10.9 Å². The van der Waals surface area contributed by atoms with E-state index in [1.54, 1.807) is 6.26 Å². The first-order chi connectivity index (χ1) is 9.29. The van der Waals surface area contributed by atoms with Crippen molar-refractivity contribution in [3.05, 3.63) is 65.7 Å². The summed E-state index contributed by atoms with van der Waals surface area (Å²) in [6.45, 7) is 2.00. The Bertz CT molecular complexity index is 789. The van der Waals surface area contributed by atoms with E-state index >= 15 is 0 Å². The van der Waals surface area contributed by atoms with Crippen molar-refractivity contribution in [1.29, 1.82) is 0 Å². The van der Waals surface area contributed by atoms with Crippen LogP contribution in [0.1, 0.15) is 5.56 Å². The highest BCUT2D eigenvalue weighted by Gasteiger charge is 2.07. The monoisotopic (exact) mass is 251 g/mol. The van der Waals surface area contributed by atoms with Crippen molar-refractivity contribution >= 4 is 11.0 Å². The van der Waals surface area contributed by atoms with Gasteiger partial charge in [-0.05, 0) is 24.6 Å². The fourth-order valence-corrected chi connectivity index (χ4v) is 2.19. The Morgan fingerprint density at radius 3 is 2.58 bits per heavy atom. The van der Waals surface area contributed by atoms with E-state index in [4.69, 9.17) is 4.42 Å². The van der Waals surface area contributed by atoms with Crippen LogP contribution < -0.4 is 5.36 Å². The Hall–Kier alpha value is -2.55. The van der Waals surface area contributed by atoms with Crippen LogP contribution in [0.2, 0.25) is 0 Å². The molecule has 1 heterocycles. The minimum absolute atomic E-state index is 0.538. The van der Waals surface area contributed by atoms with E-state index in [2.05, 4.69) is 5.16 Å². The van der Waals surface area contributed by atoms with Crippen molar-refractivity contribution in [3.8, 4) is 11.1 Å². The third-order valence-corrected chi connectivity index (χ3v) is 3.13. The zero-order valence-electron chi connectivity index (χ0n) is 10.5. The predicted octanol–water partition coefficient (Wildman–Crippen LogP) is 3.70. The Kier molecular flexibility index (Phi) is 2.80. The summed E-state index contributed by atoms with van der Waals surface area (Å²) in [5.74, 6) is 0. The summed E-state index contributed by atoms with van der Waals surface area (Å²) in [5, 5.41) is 14.2. The first-order valence-corrected chi connectivity index (χ1v) is 6.05. The Morgan fingerprint density at radius 1 is 1.05 bits per heavy atom. The van der Waals surface area contributed by atoms with Crippen LogP contribution in [-0.4, -0.2) is 5.21 Å². The summed E-state index contributed by atoms with van der Waals surface area (Å²) >= 11 is 0. The molecule has 3 aromatic rings. The second-order valence-electron chi connectivity index (χ2n) is 4.46. The van der Waals surface area contributed by atoms with E-state index in [1.807, 2.05) is 55.5 Å². The van der Waals surface area contributed by atoms with Gasteiger partial charge < -0.3 is 9.62 Å². The zero-order valence-corrected chi connectivity index (χ0v) is 10.5. The van der Waals surface area contributed by atoms with Gasteiger partial charge in [0.25, 0.3) is 0 Å². The molecule has 2 aromatic carbocycles. The van der Waals surface area contributed by atoms with Gasteiger partial charge in [-0.3, -0.25) is 0 Å². The van der Waals surface area contributed by atoms with Gasteiger partial charge in [0.15, 0.2) is 0 Å². The lowest BCUT2D eigenvalue weighted by Crippen LogP contribution is -2.07. The minimum Gasteiger partial charge on any atom is -0.464 e. The molecule has 0 spiro atoms. The van der Waals surface area contributed by atoms with Crippen LogP contribution in [0.25, 0.3) is 22.1 Å². The molecule has 3 rings (SSSR count). The van der Waals surface area contributed by atoms with Crippen molar-refractivity contribution in [2.45, 2.75) is 6.92 Å². The highest BCUT2D eigenvalue weighted by molar-refractivity contribution is 5.81. The molecule has 0 atom stereocenters. The van der Waals surface area contributed by atoms with E-state index in [0.29, 0.717) is 10.9 Å². The molecule has 0 radical (unpaired) electrons. The van der Waals surface area contributed by atoms with Crippen LogP contribution in [-0.2, 0) is 0 Å². The molecule has 19 heavy (non-hydrogen) atoms. The number of hydrogen-bond acceptors (Lipinski definition) is 3. The molecule has 0 fully saturated rings. The van der Waals surface area contributed by atoms with E-state index < -0.39 is 0 Å². The molecule has 0 saturated heterocycles. The number of nitrogens with zero attached hydrogens (tertiary/aromatic N) is 1. The van der Waals surface area contributed by atoms with Crippen LogP contribution in [0.15, 0.2) is 64.4 Å². The molecular formula is C16H13NO2. The topological polar surface area (TPSA) is 45.7 Å². The Morgan fingerprint density at radius 2 is 1.84 bits per heavy atom. The standard InChI is InChI=1S/C16H13NO2/c1-11-7-8-15-13(9-11)16(17-18)14(10-19-15)12-5-3-2-4-6-12/h2-10,18H,1H3/b17-16-. The van der Waals surface area contributed by atoms with E-state index in [1.165, 1.54) is 0 Å². The average Bonchev–Trinajstić information content (AvgIpc) is 2.46. The van der Waals surface area contributed by atoms with E-state index in [9.17, 15) is 5.21 Å². The minimum atomic E-state index is 0.538. The van der Waals surface area contributed by atoms with Crippen molar-refractivity contribution < 1.29 is 9.62 Å². The first-order valence-electron chi connectivity index (χ1n) is 6.05. The van der Waals surface area contributed by atoms with Crippen molar-refractivity contribution in [3.63, 3.8) is 0 Å². The Labute approximate surface area is 110 Å². The summed E-state index contributed by atoms with van der Waals surface area (Å²) in [5.41, 5.74) is 3.54. The number of hydrogen-bond donors (Lipinski definition) is 1. The van der Waals surface area contributed by atoms with Gasteiger partial charge in [0.2, 0.25) is 0 Å². The normalized spacial score (nSPS) is 11.9. The fraction of sp³-hybridized carbons (Fsp3) is 0.0625. The second-order valence-corrected chi connectivity index (χ2v) is 4.46. The second kappa shape index (κ2) is 4.61. The van der Waals surface area contributed by atoms with Gasteiger partial charge in [-0.2, -0.15) is 0 Å². The summed E-state index contributed by atoms with van der Waals surface area (Å²) < 4.78 is 5.62. The zero-order chi connectivity index (χ0) is 13.2. The third kappa shape index (κ3) is 1.99. The highest BCUT2D eigenvalue weighted by atomic mass is 16.4. The largest absolute Gasteiger partial charge is 0.464 e. The molecule has 94 valence electrons. The summed E-state index contributed by atoms with van der Waals surface area (Å²) in [6, 6.07) is 15.6. The molecule has 3 nitrogen and oxygen atoms in total. The SMILES string of the molecule is Cc1ccc2occ(-c3ccccc3)/c(=N\O)c2c1. The van der Waals surface area contributed by atoms with Crippen LogP contribution in [0, 0.1) is 6.92 Å². The molecule has 0 bridgehead atoms. The van der Waals surface area contributed by atoms with Crippen LogP contribution in [0.5, 0.6) is 0 Å². The molecule has 3 heteroatoms. The van der Waals surface area contributed by atoms with Gasteiger partial charge in [-0.25, -0.2) is 0 Å². The molecular weight excluding hydrogens is 238 g/mol. The van der Waals surface area contributed by atoms with E-state index in [0.717, 1.165) is 22.1 Å². The number of rotatable bonds is 1. The van der Waals surface area contributed by atoms with Crippen LogP contribution >= 0.6 is 0 Å². The Balaban J connectivity index is 2.39. The summed E-state index contributed by atoms with van der Waals surface area (Å²) in [6.07, 6.45) is 1.63. The number of benzene rings is 2. The quantitative estimate of drug-likeness (QED) is 0.529. The maximum atomic E-state index is 9.35. The van der Waals surface area contributed by atoms with Crippen molar-refractivity contribution in [1.82, 2.24) is 0 Å². The van der Waals surface area contributed by atoms with Crippen LogP contribution in [0.4, 0.5) is 0 Å². The first kappa shape index (κ1) is 11.5. The molecule has 1 aromatic heterocycles. The average molecular weight is 251 g/mol. The molecule has 0 aliphatic heterocycles. The number of fused-ring (bicyclic) bond motifs is 1. The smallest absolute Gasteiger partial charge is 0.136 e. The predicted molar refractivity (Wildman–Crippen MR) is 73.7 cm³/mol. The molecule has 1 N–H and O–H groups in total. The highest BCUT2D eigenvalue weighted by Crippen LogP contribution is 2.20. The van der Waals surface area contributed by atoms with Gasteiger partial charge in [0.05, 0.1) is 0 Å². The number of aryl methyl sites for hydroxylation is 1. The maximum absolute atomic E-state index is 9.35. The van der Waals surface area contributed by atoms with E-state index in [-0.39, 0.29) is 0 Å². The third-order valence-electron chi connectivity index (χ3n) is 3.13. The fourth-order valence-electron chi connectivity index (χ4n) is 2.19. The van der Waals surface area contributed by atoms with Gasteiger partial charge >= 0.3 is 0 Å². The molecule has 0 aliphatic carbocycles. The molecule has 0 aliphatic rings. The molecule has 0 unspecified atom stereocenters. The van der Waals surface area contributed by atoms with Gasteiger partial charge in [0.1, 0.15) is 17.2 Å². The lowest BCUT2D eigenvalue weighted by molar-refractivity contribution is 0.303. The van der Waals surface area contributed by atoms with Crippen molar-refractivity contribution in [2.75, 3.05) is 0 Å². The maximum Gasteiger partial charge on any atom is 0.136 e. The molecule has 0 saturated carbocycles. The van der Waals surface area contributed by atoms with Gasteiger partial charge in [-0.15, -0.1) is 0 Å².